The van der Waals surface area contributed by atoms with Gasteiger partial charge in [-0.1, -0.05) is 6.92 Å². The predicted molar refractivity (Wildman–Crippen MR) is 88.0 cm³/mol. The minimum atomic E-state index is -0.385. The minimum Gasteiger partial charge on any atom is -0.338 e. The smallest absolute Gasteiger partial charge is 0.239 e. The lowest BCUT2D eigenvalue weighted by atomic mass is 10.0. The molecule has 0 bridgehead atoms. The first kappa shape index (κ1) is 19.6. The van der Waals surface area contributed by atoms with Crippen molar-refractivity contribution in [3.05, 3.63) is 15.6 Å². The fourth-order valence-electron chi connectivity index (χ4n) is 2.21. The van der Waals surface area contributed by atoms with E-state index in [2.05, 4.69) is 4.98 Å². The number of hydrogen-bond acceptors (Lipinski definition) is 4. The number of hydrogen-bond donors (Lipinski definition) is 1. The highest BCUT2D eigenvalue weighted by atomic mass is 35.5. The first-order chi connectivity index (χ1) is 8.61. The molecule has 2 rings (SSSR count). The molecular formula is C13H23Cl2N3OS. The summed E-state index contributed by atoms with van der Waals surface area (Å²) in [6.45, 7) is 2.52. The average molecular weight is 340 g/mol. The first-order valence-electron chi connectivity index (χ1n) is 6.59. The van der Waals surface area contributed by atoms with Gasteiger partial charge in [0.1, 0.15) is 5.01 Å². The fourth-order valence-corrected chi connectivity index (χ4v) is 3.42. The molecule has 4 nitrogen and oxygen atoms in total. The van der Waals surface area contributed by atoms with Crippen molar-refractivity contribution in [3.8, 4) is 0 Å². The molecule has 0 fully saturated rings. The van der Waals surface area contributed by atoms with Gasteiger partial charge in [-0.3, -0.25) is 4.79 Å². The molecule has 20 heavy (non-hydrogen) atoms. The zero-order valence-corrected chi connectivity index (χ0v) is 14.4. The molecule has 1 aliphatic carbocycles. The summed E-state index contributed by atoms with van der Waals surface area (Å²) >= 11 is 1.75. The lowest BCUT2D eigenvalue weighted by Crippen LogP contribution is -2.40. The molecule has 0 radical (unpaired) electrons. The number of likely N-dealkylation sites (N-methyl/N-ethyl adjacent to an activating group) is 1. The molecule has 0 unspecified atom stereocenters. The number of fused-ring (bicyclic) bond motifs is 1. The van der Waals surface area contributed by atoms with E-state index in [1.807, 2.05) is 6.92 Å². The Kier molecular flexibility index (Phi) is 8.66. The van der Waals surface area contributed by atoms with Gasteiger partial charge in [-0.15, -0.1) is 36.2 Å². The maximum absolute atomic E-state index is 11.9. The average Bonchev–Trinajstić information content (AvgIpc) is 2.78. The van der Waals surface area contributed by atoms with E-state index in [1.165, 1.54) is 23.4 Å². The van der Waals surface area contributed by atoms with E-state index in [0.29, 0.717) is 13.0 Å². The second kappa shape index (κ2) is 8.82. The summed E-state index contributed by atoms with van der Waals surface area (Å²) in [6.07, 6.45) is 5.43. The Labute approximate surface area is 137 Å². The number of nitrogens with zero attached hydrogens (tertiary/aromatic N) is 2. The van der Waals surface area contributed by atoms with E-state index in [4.69, 9.17) is 5.73 Å². The molecular weight excluding hydrogens is 317 g/mol. The zero-order valence-electron chi connectivity index (χ0n) is 11.9. The number of halogens is 2. The Morgan fingerprint density at radius 3 is 2.65 bits per heavy atom. The number of aromatic nitrogens is 1. The standard InChI is InChI=1S/C13H21N3OS.2ClH/c1-3-9(14)13(17)16(2)8-12-15-10-6-4-5-7-11(10)18-12;;/h9H,3-8,14H2,1-2H3;2*1H/t9-;;/m0../s1. The van der Waals surface area contributed by atoms with Crippen molar-refractivity contribution in [3.63, 3.8) is 0 Å². The predicted octanol–water partition coefficient (Wildman–Crippen LogP) is 2.56. The molecule has 1 aromatic heterocycles. The van der Waals surface area contributed by atoms with Crippen LogP contribution in [0.4, 0.5) is 0 Å². The number of amides is 1. The van der Waals surface area contributed by atoms with Gasteiger partial charge < -0.3 is 10.6 Å². The number of thiazole rings is 1. The Balaban J connectivity index is 0.00000180. The normalized spacial score (nSPS) is 14.6. The Morgan fingerprint density at radius 1 is 1.40 bits per heavy atom. The second-order valence-corrected chi connectivity index (χ2v) is 6.06. The molecule has 0 saturated heterocycles. The van der Waals surface area contributed by atoms with Gasteiger partial charge in [0.2, 0.25) is 5.91 Å². The maximum Gasteiger partial charge on any atom is 0.239 e. The number of nitrogens with two attached hydrogens (primary N) is 1. The van der Waals surface area contributed by atoms with Crippen LogP contribution in [0, 0.1) is 0 Å². The quantitative estimate of drug-likeness (QED) is 0.916. The van der Waals surface area contributed by atoms with Crippen molar-refractivity contribution in [1.29, 1.82) is 0 Å². The van der Waals surface area contributed by atoms with E-state index >= 15 is 0 Å². The van der Waals surface area contributed by atoms with Gasteiger partial charge >= 0.3 is 0 Å². The first-order valence-corrected chi connectivity index (χ1v) is 7.41. The molecule has 7 heteroatoms. The van der Waals surface area contributed by atoms with Crippen molar-refractivity contribution in [2.24, 2.45) is 5.73 Å². The van der Waals surface area contributed by atoms with E-state index in [1.54, 1.807) is 23.3 Å². The lowest BCUT2D eigenvalue weighted by molar-refractivity contribution is -0.131. The number of rotatable bonds is 4. The largest absolute Gasteiger partial charge is 0.338 e. The van der Waals surface area contributed by atoms with Gasteiger partial charge in [0.15, 0.2) is 0 Å². The number of aryl methyl sites for hydroxylation is 2. The monoisotopic (exact) mass is 339 g/mol. The van der Waals surface area contributed by atoms with Crippen LogP contribution in [0.15, 0.2) is 0 Å². The Bertz CT molecular complexity index is 416. The zero-order chi connectivity index (χ0) is 13.1. The van der Waals surface area contributed by atoms with Gasteiger partial charge in [-0.05, 0) is 32.1 Å². The van der Waals surface area contributed by atoms with Gasteiger partial charge in [0.25, 0.3) is 0 Å². The number of carbonyl (C=O) groups is 1. The van der Waals surface area contributed by atoms with Crippen LogP contribution in [0.2, 0.25) is 0 Å². The summed E-state index contributed by atoms with van der Waals surface area (Å²) in [5.41, 5.74) is 7.01. The van der Waals surface area contributed by atoms with Crippen molar-refractivity contribution < 1.29 is 4.79 Å². The molecule has 1 heterocycles. The van der Waals surface area contributed by atoms with Crippen LogP contribution in [0.1, 0.15) is 41.8 Å². The minimum absolute atomic E-state index is 0. The van der Waals surface area contributed by atoms with Gasteiger partial charge in [0.05, 0.1) is 18.3 Å². The molecule has 0 saturated carbocycles. The molecule has 1 aromatic rings. The van der Waals surface area contributed by atoms with Crippen LogP contribution in [-0.2, 0) is 24.2 Å². The van der Waals surface area contributed by atoms with Crippen molar-refractivity contribution >= 4 is 42.1 Å². The third-order valence-corrected chi connectivity index (χ3v) is 4.54. The van der Waals surface area contributed by atoms with Crippen LogP contribution in [0.3, 0.4) is 0 Å². The highest BCUT2D eigenvalue weighted by Crippen LogP contribution is 2.27. The SMILES string of the molecule is CC[C@H](N)C(=O)N(C)Cc1nc2c(s1)CCCC2.Cl.Cl. The van der Waals surface area contributed by atoms with Gasteiger partial charge in [-0.2, -0.15) is 0 Å². The maximum atomic E-state index is 11.9. The summed E-state index contributed by atoms with van der Waals surface area (Å²) in [7, 11) is 1.80. The molecule has 1 atom stereocenters. The molecule has 116 valence electrons. The summed E-state index contributed by atoms with van der Waals surface area (Å²) in [4.78, 5) is 19.6. The van der Waals surface area contributed by atoms with E-state index in [9.17, 15) is 4.79 Å². The summed E-state index contributed by atoms with van der Waals surface area (Å²) in [6, 6.07) is -0.385. The van der Waals surface area contributed by atoms with Crippen LogP contribution in [0.5, 0.6) is 0 Å². The van der Waals surface area contributed by atoms with Crippen molar-refractivity contribution in [2.75, 3.05) is 7.05 Å². The Morgan fingerprint density at radius 2 is 2.05 bits per heavy atom. The van der Waals surface area contributed by atoms with Crippen LogP contribution >= 0.6 is 36.2 Å². The third kappa shape index (κ3) is 4.58. The summed E-state index contributed by atoms with van der Waals surface area (Å²) in [5, 5.41) is 1.04. The topological polar surface area (TPSA) is 59.2 Å². The van der Waals surface area contributed by atoms with Gasteiger partial charge in [-0.25, -0.2) is 4.98 Å². The fraction of sp³-hybridized carbons (Fsp3) is 0.692. The molecule has 0 spiro atoms. The van der Waals surface area contributed by atoms with E-state index < -0.39 is 0 Å². The number of carbonyl (C=O) groups excluding carboxylic acids is 1. The third-order valence-electron chi connectivity index (χ3n) is 3.40. The van der Waals surface area contributed by atoms with Crippen LogP contribution in [-0.4, -0.2) is 28.9 Å². The van der Waals surface area contributed by atoms with Crippen LogP contribution in [0.25, 0.3) is 0 Å². The van der Waals surface area contributed by atoms with E-state index in [0.717, 1.165) is 17.8 Å². The molecule has 1 amide bonds. The highest BCUT2D eigenvalue weighted by Gasteiger charge is 2.20. The van der Waals surface area contributed by atoms with E-state index in [-0.39, 0.29) is 36.8 Å². The second-order valence-electron chi connectivity index (χ2n) is 4.89. The summed E-state index contributed by atoms with van der Waals surface area (Å²) in [5.74, 6) is 0.00525. The lowest BCUT2D eigenvalue weighted by Gasteiger charge is -2.19. The van der Waals surface area contributed by atoms with Crippen LogP contribution < -0.4 is 5.73 Å². The van der Waals surface area contributed by atoms with Crippen molar-refractivity contribution in [1.82, 2.24) is 9.88 Å². The summed E-state index contributed by atoms with van der Waals surface area (Å²) < 4.78 is 0. The Hall–Kier alpha value is -0.360. The molecule has 2 N–H and O–H groups in total. The highest BCUT2D eigenvalue weighted by molar-refractivity contribution is 7.11. The molecule has 0 aliphatic heterocycles. The molecule has 1 aliphatic rings. The van der Waals surface area contributed by atoms with Gasteiger partial charge in [0, 0.05) is 11.9 Å². The molecule has 0 aromatic carbocycles. The van der Waals surface area contributed by atoms with Crippen molar-refractivity contribution in [2.45, 2.75) is 51.6 Å².